The fraction of sp³-hybridized carbons (Fsp3) is 0.235. The first kappa shape index (κ1) is 17.0. The Kier molecular flexibility index (Phi) is 6.17. The summed E-state index contributed by atoms with van der Waals surface area (Å²) >= 11 is 1.55. The van der Waals surface area contributed by atoms with Crippen molar-refractivity contribution in [3.05, 3.63) is 59.3 Å². The summed E-state index contributed by atoms with van der Waals surface area (Å²) in [5, 5.41) is 0.779. The fourth-order valence-corrected chi connectivity index (χ4v) is 2.57. The molecule has 5 nitrogen and oxygen atoms in total. The maximum atomic E-state index is 12.1. The Morgan fingerprint density at radius 1 is 1.00 bits per heavy atom. The molecule has 6 heteroatoms. The van der Waals surface area contributed by atoms with Crippen LogP contribution >= 0.6 is 11.8 Å². The Morgan fingerprint density at radius 2 is 1.65 bits per heavy atom. The Bertz CT molecular complexity index is 686. The standard InChI is InChI=1S/C17H19N3O2S/c1-3-12-5-7-13(8-6-12)16(21)19-20-17(22)14-9-10-18-15(11-14)23-4-2/h5-11H,3-4H2,1-2H3,(H,19,21)(H,20,22). The molecule has 0 atom stereocenters. The van der Waals surface area contributed by atoms with Crippen LogP contribution in [0.25, 0.3) is 0 Å². The number of rotatable bonds is 5. The molecule has 2 rings (SSSR count). The van der Waals surface area contributed by atoms with Crippen LogP contribution in [0.1, 0.15) is 40.1 Å². The Balaban J connectivity index is 1.95. The van der Waals surface area contributed by atoms with Gasteiger partial charge in [0, 0.05) is 17.3 Å². The molecule has 2 N–H and O–H groups in total. The lowest BCUT2D eigenvalue weighted by Crippen LogP contribution is -2.41. The number of benzene rings is 1. The number of aryl methyl sites for hydroxylation is 1. The highest BCUT2D eigenvalue weighted by molar-refractivity contribution is 7.99. The Morgan fingerprint density at radius 3 is 2.26 bits per heavy atom. The third kappa shape index (κ3) is 4.82. The maximum absolute atomic E-state index is 12.1. The van der Waals surface area contributed by atoms with Gasteiger partial charge in [0.1, 0.15) is 0 Å². The molecular weight excluding hydrogens is 310 g/mol. The van der Waals surface area contributed by atoms with Crippen molar-refractivity contribution in [2.75, 3.05) is 5.75 Å². The summed E-state index contributed by atoms with van der Waals surface area (Å²) in [5.74, 6) is 0.157. The molecule has 23 heavy (non-hydrogen) atoms. The minimum Gasteiger partial charge on any atom is -0.267 e. The van der Waals surface area contributed by atoms with Gasteiger partial charge < -0.3 is 0 Å². The summed E-state index contributed by atoms with van der Waals surface area (Å²) in [6.45, 7) is 4.07. The predicted molar refractivity (Wildman–Crippen MR) is 91.4 cm³/mol. The van der Waals surface area contributed by atoms with Crippen LogP contribution in [0.3, 0.4) is 0 Å². The number of pyridine rings is 1. The molecule has 0 saturated carbocycles. The third-order valence-corrected chi connectivity index (χ3v) is 4.01. The molecule has 1 aromatic carbocycles. The number of aromatic nitrogens is 1. The van der Waals surface area contributed by atoms with Gasteiger partial charge in [0.2, 0.25) is 0 Å². The van der Waals surface area contributed by atoms with Crippen LogP contribution in [0.2, 0.25) is 0 Å². The van der Waals surface area contributed by atoms with E-state index < -0.39 is 0 Å². The van der Waals surface area contributed by atoms with Crippen LogP contribution in [-0.4, -0.2) is 22.6 Å². The van der Waals surface area contributed by atoms with Crippen LogP contribution in [0, 0.1) is 0 Å². The number of carbonyl (C=O) groups is 2. The summed E-state index contributed by atoms with van der Waals surface area (Å²) in [7, 11) is 0. The normalized spacial score (nSPS) is 10.2. The van der Waals surface area contributed by atoms with E-state index in [-0.39, 0.29) is 11.8 Å². The summed E-state index contributed by atoms with van der Waals surface area (Å²) in [4.78, 5) is 28.2. The molecule has 120 valence electrons. The van der Waals surface area contributed by atoms with Gasteiger partial charge in [-0.05, 0) is 42.0 Å². The van der Waals surface area contributed by atoms with E-state index in [2.05, 4.69) is 22.8 Å². The second-order valence-electron chi connectivity index (χ2n) is 4.77. The number of hydrazine groups is 1. The van der Waals surface area contributed by atoms with Crippen molar-refractivity contribution in [3.8, 4) is 0 Å². The smallest absolute Gasteiger partial charge is 0.267 e. The SMILES string of the molecule is CCSc1cc(C(=O)NNC(=O)c2ccc(CC)cc2)ccn1. The molecule has 2 amide bonds. The van der Waals surface area contributed by atoms with E-state index in [1.165, 1.54) is 0 Å². The number of nitrogens with one attached hydrogen (secondary N) is 2. The van der Waals surface area contributed by atoms with E-state index in [0.717, 1.165) is 22.8 Å². The van der Waals surface area contributed by atoms with Crippen LogP contribution < -0.4 is 10.9 Å². The zero-order valence-corrected chi connectivity index (χ0v) is 13.9. The lowest BCUT2D eigenvalue weighted by molar-refractivity contribution is 0.0846. The first-order valence-corrected chi connectivity index (χ1v) is 8.41. The van der Waals surface area contributed by atoms with Gasteiger partial charge in [-0.2, -0.15) is 0 Å². The van der Waals surface area contributed by atoms with Gasteiger partial charge in [-0.1, -0.05) is 26.0 Å². The minimum absolute atomic E-state index is 0.349. The molecule has 0 bridgehead atoms. The van der Waals surface area contributed by atoms with Gasteiger partial charge in [-0.3, -0.25) is 20.4 Å². The molecule has 2 aromatic rings. The largest absolute Gasteiger partial charge is 0.269 e. The van der Waals surface area contributed by atoms with Gasteiger partial charge in [-0.25, -0.2) is 4.98 Å². The highest BCUT2D eigenvalue weighted by Crippen LogP contribution is 2.15. The first-order valence-electron chi connectivity index (χ1n) is 7.42. The molecule has 0 fully saturated rings. The Labute approximate surface area is 139 Å². The number of thioether (sulfide) groups is 1. The van der Waals surface area contributed by atoms with Crippen molar-refractivity contribution in [3.63, 3.8) is 0 Å². The molecule has 0 radical (unpaired) electrons. The molecular formula is C17H19N3O2S. The van der Waals surface area contributed by atoms with E-state index in [4.69, 9.17) is 0 Å². The molecule has 0 aliphatic rings. The molecule has 1 aromatic heterocycles. The van der Waals surface area contributed by atoms with Crippen LogP contribution in [0.15, 0.2) is 47.6 Å². The summed E-state index contributed by atoms with van der Waals surface area (Å²) in [6, 6.07) is 10.6. The molecule has 1 heterocycles. The van der Waals surface area contributed by atoms with E-state index in [1.807, 2.05) is 19.1 Å². The number of amides is 2. The van der Waals surface area contributed by atoms with Crippen molar-refractivity contribution in [2.45, 2.75) is 25.3 Å². The zero-order valence-electron chi connectivity index (χ0n) is 13.1. The van der Waals surface area contributed by atoms with Gasteiger partial charge >= 0.3 is 0 Å². The van der Waals surface area contributed by atoms with Crippen molar-refractivity contribution in [2.24, 2.45) is 0 Å². The second kappa shape index (κ2) is 8.33. The number of carbonyl (C=O) groups excluding carboxylic acids is 2. The molecule has 0 spiro atoms. The highest BCUT2D eigenvalue weighted by Gasteiger charge is 2.10. The van der Waals surface area contributed by atoms with Gasteiger partial charge in [-0.15, -0.1) is 11.8 Å². The average molecular weight is 329 g/mol. The van der Waals surface area contributed by atoms with E-state index in [9.17, 15) is 9.59 Å². The average Bonchev–Trinajstić information content (AvgIpc) is 2.60. The summed E-state index contributed by atoms with van der Waals surface area (Å²) < 4.78 is 0. The van der Waals surface area contributed by atoms with Gasteiger partial charge in [0.25, 0.3) is 11.8 Å². The van der Waals surface area contributed by atoms with E-state index >= 15 is 0 Å². The molecule has 0 aliphatic carbocycles. The predicted octanol–water partition coefficient (Wildman–Crippen LogP) is 2.83. The van der Waals surface area contributed by atoms with E-state index in [0.29, 0.717) is 11.1 Å². The molecule has 0 unspecified atom stereocenters. The highest BCUT2D eigenvalue weighted by atomic mass is 32.2. The van der Waals surface area contributed by atoms with Crippen molar-refractivity contribution in [1.82, 2.24) is 15.8 Å². The Hall–Kier alpha value is -2.34. The topological polar surface area (TPSA) is 71.1 Å². The first-order chi connectivity index (χ1) is 11.1. The number of nitrogens with zero attached hydrogens (tertiary/aromatic N) is 1. The molecule has 0 aliphatic heterocycles. The lowest BCUT2D eigenvalue weighted by Gasteiger charge is -2.08. The third-order valence-electron chi connectivity index (χ3n) is 3.20. The minimum atomic E-state index is -0.371. The lowest BCUT2D eigenvalue weighted by atomic mass is 10.1. The van der Waals surface area contributed by atoms with Crippen molar-refractivity contribution >= 4 is 23.6 Å². The van der Waals surface area contributed by atoms with Crippen LogP contribution in [0.5, 0.6) is 0 Å². The quantitative estimate of drug-likeness (QED) is 0.654. The summed E-state index contributed by atoms with van der Waals surface area (Å²) in [6.07, 6.45) is 2.50. The number of hydrogen-bond acceptors (Lipinski definition) is 4. The summed E-state index contributed by atoms with van der Waals surface area (Å²) in [5.41, 5.74) is 6.95. The molecule has 0 saturated heterocycles. The monoisotopic (exact) mass is 329 g/mol. The zero-order chi connectivity index (χ0) is 16.7. The van der Waals surface area contributed by atoms with Crippen molar-refractivity contribution in [1.29, 1.82) is 0 Å². The number of hydrogen-bond donors (Lipinski definition) is 2. The van der Waals surface area contributed by atoms with Crippen molar-refractivity contribution < 1.29 is 9.59 Å². The van der Waals surface area contributed by atoms with Gasteiger partial charge in [0.05, 0.1) is 5.03 Å². The van der Waals surface area contributed by atoms with Gasteiger partial charge in [0.15, 0.2) is 0 Å². The van der Waals surface area contributed by atoms with E-state index in [1.54, 1.807) is 42.2 Å². The van der Waals surface area contributed by atoms with Crippen LogP contribution in [-0.2, 0) is 6.42 Å². The fourth-order valence-electron chi connectivity index (χ4n) is 1.93. The maximum Gasteiger partial charge on any atom is 0.269 e. The van der Waals surface area contributed by atoms with Crippen LogP contribution in [0.4, 0.5) is 0 Å². The second-order valence-corrected chi connectivity index (χ2v) is 6.06.